The van der Waals surface area contributed by atoms with Gasteiger partial charge in [0, 0.05) is 39.9 Å². The number of fused-ring (bicyclic) bond motifs is 1. The van der Waals surface area contributed by atoms with Gasteiger partial charge in [0.2, 0.25) is 6.79 Å². The van der Waals surface area contributed by atoms with Gasteiger partial charge in [0.05, 0.1) is 24.1 Å². The number of ether oxygens (including phenoxy) is 3. The topological polar surface area (TPSA) is 97.6 Å². The summed E-state index contributed by atoms with van der Waals surface area (Å²) in [7, 11) is 3.50. The summed E-state index contributed by atoms with van der Waals surface area (Å²) in [6, 6.07) is 8.95. The van der Waals surface area contributed by atoms with Crippen LogP contribution >= 0.6 is 0 Å². The van der Waals surface area contributed by atoms with E-state index >= 15 is 0 Å². The lowest BCUT2D eigenvalue weighted by Crippen LogP contribution is -2.47. The van der Waals surface area contributed by atoms with Crippen molar-refractivity contribution in [2.24, 2.45) is 12.1 Å². The molecule has 0 aliphatic carbocycles. The smallest absolute Gasteiger partial charge is 0.317 e. The number of rotatable bonds is 8. The van der Waals surface area contributed by atoms with Crippen LogP contribution in [0.4, 0.5) is 4.79 Å². The van der Waals surface area contributed by atoms with Gasteiger partial charge in [-0.3, -0.25) is 4.79 Å². The summed E-state index contributed by atoms with van der Waals surface area (Å²) in [6.45, 7) is 2.99. The first-order valence-electron chi connectivity index (χ1n) is 10.9. The van der Waals surface area contributed by atoms with E-state index in [0.29, 0.717) is 37.6 Å². The van der Waals surface area contributed by atoms with Gasteiger partial charge in [-0.1, -0.05) is 6.07 Å². The lowest BCUT2D eigenvalue weighted by Gasteiger charge is -2.27. The molecule has 10 heteroatoms. The zero-order valence-corrected chi connectivity index (χ0v) is 19.1. The van der Waals surface area contributed by atoms with Crippen molar-refractivity contribution in [1.29, 1.82) is 0 Å². The number of nitrogens with zero attached hydrogens (tertiary/aromatic N) is 4. The number of nitrogens with one attached hydrogen (secondary N) is 1. The SMILES string of the molecule is CCNC(=O)N(CCOC)CC(=O)N1N=C(c2cccn2C)C[C@@H]1c1ccc2c(c1)OCO2. The number of urea groups is 1. The molecule has 2 aliphatic heterocycles. The van der Waals surface area contributed by atoms with Gasteiger partial charge in [0.1, 0.15) is 6.54 Å². The second-order valence-corrected chi connectivity index (χ2v) is 7.87. The lowest BCUT2D eigenvalue weighted by molar-refractivity contribution is -0.133. The summed E-state index contributed by atoms with van der Waals surface area (Å²) in [5.41, 5.74) is 2.64. The first kappa shape index (κ1) is 22.7. The highest BCUT2D eigenvalue weighted by Crippen LogP contribution is 2.39. The molecule has 2 aromatic rings. The average molecular weight is 456 g/mol. The fourth-order valence-corrected chi connectivity index (χ4v) is 3.99. The zero-order chi connectivity index (χ0) is 23.4. The summed E-state index contributed by atoms with van der Waals surface area (Å²) >= 11 is 0. The van der Waals surface area contributed by atoms with Crippen molar-refractivity contribution in [3.05, 3.63) is 47.8 Å². The normalized spacial score (nSPS) is 16.6. The van der Waals surface area contributed by atoms with Crippen LogP contribution in [0, 0.1) is 0 Å². The zero-order valence-electron chi connectivity index (χ0n) is 19.1. The summed E-state index contributed by atoms with van der Waals surface area (Å²) in [5, 5.41) is 8.94. The second-order valence-electron chi connectivity index (χ2n) is 7.87. The minimum absolute atomic E-state index is 0.111. The molecule has 3 amide bonds. The predicted molar refractivity (Wildman–Crippen MR) is 121 cm³/mol. The van der Waals surface area contributed by atoms with E-state index in [4.69, 9.17) is 19.3 Å². The molecule has 1 N–H and O–H groups in total. The van der Waals surface area contributed by atoms with Crippen molar-refractivity contribution in [3.63, 3.8) is 0 Å². The first-order chi connectivity index (χ1) is 16.0. The summed E-state index contributed by atoms with van der Waals surface area (Å²) in [5.74, 6) is 1.06. The number of carbonyl (C=O) groups excluding carboxylic acids is 2. The van der Waals surface area contributed by atoms with Crippen molar-refractivity contribution in [2.45, 2.75) is 19.4 Å². The number of amides is 3. The van der Waals surface area contributed by atoms with Crippen LogP contribution in [0.1, 0.15) is 30.6 Å². The largest absolute Gasteiger partial charge is 0.454 e. The number of aryl methyl sites for hydroxylation is 1. The van der Waals surface area contributed by atoms with Crippen molar-refractivity contribution in [3.8, 4) is 11.5 Å². The quantitative estimate of drug-likeness (QED) is 0.658. The summed E-state index contributed by atoms with van der Waals surface area (Å²) < 4.78 is 18.1. The highest BCUT2D eigenvalue weighted by molar-refractivity contribution is 6.02. The second kappa shape index (κ2) is 9.95. The summed E-state index contributed by atoms with van der Waals surface area (Å²) in [6.07, 6.45) is 2.49. The van der Waals surface area contributed by atoms with Gasteiger partial charge in [-0.25, -0.2) is 9.80 Å². The fraction of sp³-hybridized carbons (Fsp3) is 0.435. The maximum absolute atomic E-state index is 13.4. The van der Waals surface area contributed by atoms with E-state index in [1.165, 1.54) is 9.91 Å². The molecular formula is C23H29N5O5. The van der Waals surface area contributed by atoms with Crippen molar-refractivity contribution in [2.75, 3.05) is 40.1 Å². The third-order valence-corrected chi connectivity index (χ3v) is 5.69. The number of benzene rings is 1. The standard InChI is InChI=1S/C23H29N5O5/c1-4-24-23(30)27(10-11-31-3)14-22(29)28-19(13-17(25-28)18-6-5-9-26(18)2)16-7-8-20-21(12-16)33-15-32-20/h5-9,12,19H,4,10-11,13-15H2,1-3H3,(H,24,30)/t19-/m1/s1. The molecule has 0 saturated heterocycles. The molecule has 0 bridgehead atoms. The van der Waals surface area contributed by atoms with Crippen LogP contribution in [0.15, 0.2) is 41.6 Å². The Morgan fingerprint density at radius 3 is 2.82 bits per heavy atom. The van der Waals surface area contributed by atoms with E-state index in [2.05, 4.69) is 5.32 Å². The Hall–Kier alpha value is -3.53. The average Bonchev–Trinajstić information content (AvgIpc) is 3.54. The molecule has 33 heavy (non-hydrogen) atoms. The lowest BCUT2D eigenvalue weighted by atomic mass is 10.00. The van der Waals surface area contributed by atoms with Gasteiger partial charge in [-0.05, 0) is 36.8 Å². The van der Waals surface area contributed by atoms with Crippen LogP contribution in [0.2, 0.25) is 0 Å². The van der Waals surface area contributed by atoms with E-state index in [9.17, 15) is 9.59 Å². The Balaban J connectivity index is 1.61. The summed E-state index contributed by atoms with van der Waals surface area (Å²) in [4.78, 5) is 27.4. The van der Waals surface area contributed by atoms with E-state index < -0.39 is 0 Å². The number of carbonyl (C=O) groups is 2. The minimum Gasteiger partial charge on any atom is -0.454 e. The number of hydrazone groups is 1. The number of methoxy groups -OCH3 is 1. The van der Waals surface area contributed by atoms with Crippen LogP contribution in [0.3, 0.4) is 0 Å². The molecule has 0 fully saturated rings. The van der Waals surface area contributed by atoms with Crippen LogP contribution in [-0.2, 0) is 16.6 Å². The highest BCUT2D eigenvalue weighted by Gasteiger charge is 2.35. The van der Waals surface area contributed by atoms with E-state index in [1.54, 1.807) is 7.11 Å². The molecule has 4 rings (SSSR count). The first-order valence-corrected chi connectivity index (χ1v) is 10.9. The Labute approximate surface area is 192 Å². The predicted octanol–water partition coefficient (Wildman–Crippen LogP) is 2.11. The van der Waals surface area contributed by atoms with Crippen LogP contribution in [-0.4, -0.2) is 72.3 Å². The van der Waals surface area contributed by atoms with Gasteiger partial charge in [0.25, 0.3) is 5.91 Å². The Morgan fingerprint density at radius 2 is 2.09 bits per heavy atom. The Bertz CT molecular complexity index is 1050. The van der Waals surface area contributed by atoms with Crippen LogP contribution in [0.5, 0.6) is 11.5 Å². The fourth-order valence-electron chi connectivity index (χ4n) is 3.99. The Morgan fingerprint density at radius 1 is 1.27 bits per heavy atom. The maximum Gasteiger partial charge on any atom is 0.317 e. The molecule has 0 saturated carbocycles. The maximum atomic E-state index is 13.4. The van der Waals surface area contributed by atoms with E-state index in [-0.39, 0.29) is 31.3 Å². The Kier molecular flexibility index (Phi) is 6.83. The third-order valence-electron chi connectivity index (χ3n) is 5.69. The molecule has 3 heterocycles. The van der Waals surface area contributed by atoms with Crippen molar-refractivity contribution < 1.29 is 23.8 Å². The molecule has 0 spiro atoms. The van der Waals surface area contributed by atoms with Gasteiger partial charge < -0.3 is 29.0 Å². The molecule has 1 atom stereocenters. The number of aromatic nitrogens is 1. The van der Waals surface area contributed by atoms with Gasteiger partial charge in [-0.15, -0.1) is 0 Å². The molecule has 0 unspecified atom stereocenters. The van der Waals surface area contributed by atoms with E-state index in [0.717, 1.165) is 17.0 Å². The molecule has 2 aliphatic rings. The molecule has 0 radical (unpaired) electrons. The minimum atomic E-state index is -0.324. The number of hydrogen-bond acceptors (Lipinski definition) is 6. The van der Waals surface area contributed by atoms with Crippen molar-refractivity contribution in [1.82, 2.24) is 19.8 Å². The van der Waals surface area contributed by atoms with E-state index in [1.807, 2.05) is 55.1 Å². The molecular weight excluding hydrogens is 426 g/mol. The van der Waals surface area contributed by atoms with Crippen LogP contribution < -0.4 is 14.8 Å². The molecule has 1 aromatic carbocycles. The molecule has 1 aromatic heterocycles. The van der Waals surface area contributed by atoms with Gasteiger partial charge in [0.15, 0.2) is 11.5 Å². The van der Waals surface area contributed by atoms with Gasteiger partial charge in [-0.2, -0.15) is 5.10 Å². The third kappa shape index (κ3) is 4.80. The highest BCUT2D eigenvalue weighted by atomic mass is 16.7. The van der Waals surface area contributed by atoms with Crippen molar-refractivity contribution >= 4 is 17.6 Å². The monoisotopic (exact) mass is 455 g/mol. The molecule has 176 valence electrons. The van der Waals surface area contributed by atoms with Crippen LogP contribution in [0.25, 0.3) is 0 Å². The molecule has 10 nitrogen and oxygen atoms in total. The van der Waals surface area contributed by atoms with Gasteiger partial charge >= 0.3 is 6.03 Å². The number of hydrogen-bond donors (Lipinski definition) is 1.